The van der Waals surface area contributed by atoms with Crippen molar-refractivity contribution in [3.8, 4) is 16.5 Å². The number of thiazole rings is 1. The summed E-state index contributed by atoms with van der Waals surface area (Å²) in [5, 5.41) is 8.83. The van der Waals surface area contributed by atoms with E-state index in [1.165, 1.54) is 10.4 Å². The fourth-order valence-corrected chi connectivity index (χ4v) is 2.39. The summed E-state index contributed by atoms with van der Waals surface area (Å²) in [4.78, 5) is 5.44. The van der Waals surface area contributed by atoms with E-state index in [9.17, 15) is 0 Å². The van der Waals surface area contributed by atoms with Crippen LogP contribution < -0.4 is 0 Å². The van der Waals surface area contributed by atoms with E-state index >= 15 is 0 Å². The van der Waals surface area contributed by atoms with E-state index < -0.39 is 0 Å². The molecule has 0 saturated carbocycles. The van der Waals surface area contributed by atoms with Crippen molar-refractivity contribution in [3.63, 3.8) is 0 Å². The second-order valence-corrected chi connectivity index (χ2v) is 4.59. The number of aryl methyl sites for hydroxylation is 1. The Balaban J connectivity index is 2.34. The van der Waals surface area contributed by atoms with Crippen LogP contribution in [0.1, 0.15) is 24.1 Å². The third-order valence-electron chi connectivity index (χ3n) is 2.61. The Bertz CT molecular complexity index is 520. The molecule has 0 radical (unpaired) electrons. The van der Waals surface area contributed by atoms with Crippen molar-refractivity contribution in [1.82, 2.24) is 4.98 Å². The molecule has 0 bridgehead atoms. The van der Waals surface area contributed by atoms with Gasteiger partial charge in [0.05, 0.1) is 28.1 Å². The molecular formula is C13H12N2S. The van der Waals surface area contributed by atoms with Crippen molar-refractivity contribution in [2.45, 2.75) is 19.8 Å². The highest BCUT2D eigenvalue weighted by Gasteiger charge is 2.06. The van der Waals surface area contributed by atoms with Crippen molar-refractivity contribution in [3.05, 3.63) is 41.0 Å². The molecule has 1 aromatic carbocycles. The Morgan fingerprint density at radius 1 is 1.31 bits per heavy atom. The number of benzene rings is 1. The second-order valence-electron chi connectivity index (χ2n) is 3.74. The minimum Gasteiger partial charge on any atom is -0.249 e. The van der Waals surface area contributed by atoms with E-state index in [-0.39, 0.29) is 5.92 Å². The minimum atomic E-state index is -0.0448. The molecule has 1 heterocycles. The average Bonchev–Trinajstić information content (AvgIpc) is 2.75. The smallest absolute Gasteiger partial charge is 0.0801 e. The first-order valence-electron chi connectivity index (χ1n) is 5.12. The van der Waals surface area contributed by atoms with Crippen LogP contribution in [0.25, 0.3) is 10.4 Å². The average molecular weight is 228 g/mol. The standard InChI is InChI=1S/C13H12N2S/c1-9(7-14)11-3-5-12(6-4-11)13-10(2)15-8-16-13/h3-6,8-9H,1-2H3. The van der Waals surface area contributed by atoms with Gasteiger partial charge in [-0.15, -0.1) is 11.3 Å². The molecule has 0 aliphatic carbocycles. The van der Waals surface area contributed by atoms with Crippen LogP contribution in [0.3, 0.4) is 0 Å². The van der Waals surface area contributed by atoms with Crippen LogP contribution in [0.2, 0.25) is 0 Å². The Kier molecular flexibility index (Phi) is 3.02. The lowest BCUT2D eigenvalue weighted by molar-refractivity contribution is 0.982. The zero-order chi connectivity index (χ0) is 11.5. The molecule has 0 spiro atoms. The summed E-state index contributed by atoms with van der Waals surface area (Å²) in [6.07, 6.45) is 0. The van der Waals surface area contributed by atoms with Crippen molar-refractivity contribution < 1.29 is 0 Å². The third-order valence-corrected chi connectivity index (χ3v) is 3.59. The van der Waals surface area contributed by atoms with Gasteiger partial charge in [-0.3, -0.25) is 0 Å². The molecule has 0 fully saturated rings. The molecule has 0 amide bonds. The number of nitriles is 1. The van der Waals surface area contributed by atoms with Gasteiger partial charge in [0.2, 0.25) is 0 Å². The molecular weight excluding hydrogens is 216 g/mol. The first-order valence-corrected chi connectivity index (χ1v) is 6.00. The van der Waals surface area contributed by atoms with Gasteiger partial charge >= 0.3 is 0 Å². The van der Waals surface area contributed by atoms with Gasteiger partial charge in [-0.25, -0.2) is 4.98 Å². The first-order chi connectivity index (χ1) is 7.72. The lowest BCUT2D eigenvalue weighted by Crippen LogP contribution is -1.88. The normalized spacial score (nSPS) is 12.1. The molecule has 3 heteroatoms. The maximum absolute atomic E-state index is 8.83. The molecule has 2 nitrogen and oxygen atoms in total. The molecule has 1 atom stereocenters. The highest BCUT2D eigenvalue weighted by molar-refractivity contribution is 7.13. The van der Waals surface area contributed by atoms with Gasteiger partial charge in [-0.2, -0.15) is 5.26 Å². The number of aromatic nitrogens is 1. The third kappa shape index (κ3) is 1.98. The topological polar surface area (TPSA) is 36.7 Å². The maximum Gasteiger partial charge on any atom is 0.0801 e. The van der Waals surface area contributed by atoms with Gasteiger partial charge < -0.3 is 0 Å². The fraction of sp³-hybridized carbons (Fsp3) is 0.231. The molecule has 0 aliphatic rings. The maximum atomic E-state index is 8.83. The largest absolute Gasteiger partial charge is 0.249 e. The molecule has 2 aromatic rings. The van der Waals surface area contributed by atoms with Crippen LogP contribution in [-0.2, 0) is 0 Å². The highest BCUT2D eigenvalue weighted by atomic mass is 32.1. The van der Waals surface area contributed by atoms with E-state index in [1.807, 2.05) is 31.5 Å². The zero-order valence-corrected chi connectivity index (χ0v) is 10.1. The molecule has 1 unspecified atom stereocenters. The number of hydrogen-bond donors (Lipinski definition) is 0. The predicted octanol–water partition coefficient (Wildman–Crippen LogP) is 3.75. The van der Waals surface area contributed by atoms with Crippen LogP contribution in [0, 0.1) is 18.3 Å². The van der Waals surface area contributed by atoms with Gasteiger partial charge in [0, 0.05) is 0 Å². The van der Waals surface area contributed by atoms with Crippen molar-refractivity contribution in [2.24, 2.45) is 0 Å². The summed E-state index contributed by atoms with van der Waals surface area (Å²) in [6.45, 7) is 3.92. The zero-order valence-electron chi connectivity index (χ0n) is 9.27. The summed E-state index contributed by atoms with van der Waals surface area (Å²) < 4.78 is 0. The number of hydrogen-bond acceptors (Lipinski definition) is 3. The lowest BCUT2D eigenvalue weighted by atomic mass is 10.0. The van der Waals surface area contributed by atoms with Gasteiger partial charge in [-0.05, 0) is 25.0 Å². The van der Waals surface area contributed by atoms with E-state index in [2.05, 4.69) is 23.2 Å². The van der Waals surface area contributed by atoms with Gasteiger partial charge in [0.1, 0.15) is 0 Å². The monoisotopic (exact) mass is 228 g/mol. The molecule has 16 heavy (non-hydrogen) atoms. The summed E-state index contributed by atoms with van der Waals surface area (Å²) in [5.41, 5.74) is 5.16. The summed E-state index contributed by atoms with van der Waals surface area (Å²) in [5.74, 6) is -0.0448. The molecule has 0 aliphatic heterocycles. The first kappa shape index (κ1) is 10.8. The Labute approximate surface area is 99.2 Å². The molecule has 1 aromatic heterocycles. The van der Waals surface area contributed by atoms with E-state index in [0.717, 1.165) is 11.3 Å². The lowest BCUT2D eigenvalue weighted by Gasteiger charge is -2.04. The van der Waals surface area contributed by atoms with Crippen LogP contribution >= 0.6 is 11.3 Å². The molecule has 0 N–H and O–H groups in total. The van der Waals surface area contributed by atoms with E-state index in [1.54, 1.807) is 11.3 Å². The van der Waals surface area contributed by atoms with Crippen LogP contribution in [0.4, 0.5) is 0 Å². The van der Waals surface area contributed by atoms with Gasteiger partial charge in [0.25, 0.3) is 0 Å². The SMILES string of the molecule is Cc1ncsc1-c1ccc(C(C)C#N)cc1. The summed E-state index contributed by atoms with van der Waals surface area (Å²) in [6, 6.07) is 10.4. The summed E-state index contributed by atoms with van der Waals surface area (Å²) in [7, 11) is 0. The minimum absolute atomic E-state index is 0.0448. The second kappa shape index (κ2) is 4.46. The van der Waals surface area contributed by atoms with Crippen LogP contribution in [0.15, 0.2) is 29.8 Å². The van der Waals surface area contributed by atoms with Crippen LogP contribution in [0.5, 0.6) is 0 Å². The highest BCUT2D eigenvalue weighted by Crippen LogP contribution is 2.28. The Morgan fingerprint density at radius 2 is 2.00 bits per heavy atom. The quantitative estimate of drug-likeness (QED) is 0.785. The van der Waals surface area contributed by atoms with Crippen LogP contribution in [-0.4, -0.2) is 4.98 Å². The number of nitrogens with zero attached hydrogens (tertiary/aromatic N) is 2. The predicted molar refractivity (Wildman–Crippen MR) is 66.3 cm³/mol. The van der Waals surface area contributed by atoms with E-state index in [0.29, 0.717) is 0 Å². The fourth-order valence-electron chi connectivity index (χ4n) is 1.58. The van der Waals surface area contributed by atoms with Crippen molar-refractivity contribution >= 4 is 11.3 Å². The van der Waals surface area contributed by atoms with Crippen molar-refractivity contribution in [1.29, 1.82) is 5.26 Å². The molecule has 2 rings (SSSR count). The van der Waals surface area contributed by atoms with E-state index in [4.69, 9.17) is 5.26 Å². The van der Waals surface area contributed by atoms with Crippen molar-refractivity contribution in [2.75, 3.05) is 0 Å². The summed E-state index contributed by atoms with van der Waals surface area (Å²) >= 11 is 1.65. The van der Waals surface area contributed by atoms with Gasteiger partial charge in [0.15, 0.2) is 0 Å². The Morgan fingerprint density at radius 3 is 2.50 bits per heavy atom. The molecule has 0 saturated heterocycles. The Hall–Kier alpha value is -1.66. The van der Waals surface area contributed by atoms with Gasteiger partial charge in [-0.1, -0.05) is 24.3 Å². The number of rotatable bonds is 2. The molecule has 80 valence electrons.